The number of alkyl halides is 1. The van der Waals surface area contributed by atoms with Gasteiger partial charge in [-0.1, -0.05) is 0 Å². The minimum atomic E-state index is -1.22. The van der Waals surface area contributed by atoms with Crippen LogP contribution in [0.1, 0.15) is 16.9 Å². The smallest absolute Gasteiger partial charge is 0.267 e. The van der Waals surface area contributed by atoms with E-state index in [0.717, 1.165) is 0 Å². The molecule has 6 nitrogen and oxygen atoms in total. The van der Waals surface area contributed by atoms with Crippen LogP contribution in [0.2, 0.25) is 0 Å². The highest BCUT2D eigenvalue weighted by Crippen LogP contribution is 2.23. The number of nitrogens with two attached hydrogens (primary N) is 1. The van der Waals surface area contributed by atoms with Crippen molar-refractivity contribution in [2.45, 2.75) is 12.6 Å². The largest absolute Gasteiger partial charge is 0.364 e. The molecule has 1 amide bonds. The van der Waals surface area contributed by atoms with Gasteiger partial charge in [-0.15, -0.1) is 0 Å². The lowest BCUT2D eigenvalue weighted by Crippen LogP contribution is -2.42. The van der Waals surface area contributed by atoms with E-state index in [1.807, 2.05) is 0 Å². The van der Waals surface area contributed by atoms with E-state index >= 15 is 0 Å². The van der Waals surface area contributed by atoms with E-state index in [9.17, 15) is 14.0 Å². The maximum Gasteiger partial charge on any atom is 0.267 e. The molecule has 0 radical (unpaired) electrons. The molecule has 2 atom stereocenters. The number of nitrogens with zero attached hydrogens (tertiary/aromatic N) is 3. The first-order valence-corrected chi connectivity index (χ1v) is 5.58. The molecule has 0 aliphatic carbocycles. The van der Waals surface area contributed by atoms with Gasteiger partial charge in [0.15, 0.2) is 0 Å². The number of anilines is 1. The molecule has 96 valence electrons. The summed E-state index contributed by atoms with van der Waals surface area (Å²) >= 11 is 0. The highest BCUT2D eigenvalue weighted by Gasteiger charge is 2.29. The molecule has 1 aliphatic rings. The average molecular weight is 252 g/mol. The second-order valence-corrected chi connectivity index (χ2v) is 4.18. The Morgan fingerprint density at radius 3 is 2.94 bits per heavy atom. The molecular formula is C11H13FN4O2. The van der Waals surface area contributed by atoms with Crippen molar-refractivity contribution in [2.75, 3.05) is 18.0 Å². The minimum absolute atomic E-state index is 0.0820. The Labute approximate surface area is 103 Å². The summed E-state index contributed by atoms with van der Waals surface area (Å²) in [7, 11) is 0. The molecule has 2 heterocycles. The minimum Gasteiger partial charge on any atom is -0.364 e. The first kappa shape index (κ1) is 12.4. The lowest BCUT2D eigenvalue weighted by Gasteiger charge is -2.33. The van der Waals surface area contributed by atoms with Crippen LogP contribution in [0.5, 0.6) is 0 Å². The van der Waals surface area contributed by atoms with Crippen molar-refractivity contribution in [3.8, 4) is 0 Å². The molecule has 1 aliphatic heterocycles. The Morgan fingerprint density at radius 1 is 1.56 bits per heavy atom. The third-order valence-electron chi connectivity index (χ3n) is 3.00. The molecule has 2 N–H and O–H groups in total. The average Bonchev–Trinajstić information content (AvgIpc) is 2.38. The molecule has 1 fully saturated rings. The second-order valence-electron chi connectivity index (χ2n) is 4.18. The molecule has 1 aromatic heterocycles. The number of piperidine rings is 1. The van der Waals surface area contributed by atoms with Crippen molar-refractivity contribution in [3.63, 3.8) is 0 Å². The van der Waals surface area contributed by atoms with Crippen molar-refractivity contribution in [1.29, 1.82) is 0 Å². The molecule has 18 heavy (non-hydrogen) atoms. The zero-order valence-corrected chi connectivity index (χ0v) is 9.62. The van der Waals surface area contributed by atoms with Crippen LogP contribution in [0.25, 0.3) is 0 Å². The van der Waals surface area contributed by atoms with Crippen LogP contribution in [-0.4, -0.2) is 41.4 Å². The number of carbonyl (C=O) groups excluding carboxylic acids is 2. The van der Waals surface area contributed by atoms with E-state index < -0.39 is 18.0 Å². The van der Waals surface area contributed by atoms with Gasteiger partial charge in [-0.2, -0.15) is 0 Å². The van der Waals surface area contributed by atoms with Gasteiger partial charge in [0, 0.05) is 18.5 Å². The second kappa shape index (κ2) is 5.07. The molecular weight excluding hydrogens is 239 g/mol. The fourth-order valence-electron chi connectivity index (χ4n) is 1.94. The topological polar surface area (TPSA) is 89.2 Å². The van der Waals surface area contributed by atoms with E-state index in [4.69, 9.17) is 5.73 Å². The molecule has 0 aromatic carbocycles. The summed E-state index contributed by atoms with van der Waals surface area (Å²) < 4.78 is 13.6. The van der Waals surface area contributed by atoms with E-state index in [0.29, 0.717) is 25.1 Å². The molecule has 1 aromatic rings. The van der Waals surface area contributed by atoms with Crippen LogP contribution in [0.15, 0.2) is 12.4 Å². The van der Waals surface area contributed by atoms with Crippen molar-refractivity contribution in [2.24, 2.45) is 11.7 Å². The summed E-state index contributed by atoms with van der Waals surface area (Å²) in [5.74, 6) is -0.761. The summed E-state index contributed by atoms with van der Waals surface area (Å²) in [5.41, 5.74) is 5.21. The zero-order chi connectivity index (χ0) is 13.1. The molecule has 7 heteroatoms. The zero-order valence-electron chi connectivity index (χ0n) is 9.62. The number of halogens is 1. The van der Waals surface area contributed by atoms with Gasteiger partial charge in [0.05, 0.1) is 6.54 Å². The normalized spacial score (nSPS) is 23.7. The number of primary amides is 1. The number of hydrogen-bond acceptors (Lipinski definition) is 5. The van der Waals surface area contributed by atoms with Crippen molar-refractivity contribution in [3.05, 3.63) is 18.1 Å². The lowest BCUT2D eigenvalue weighted by atomic mass is 9.96. The highest BCUT2D eigenvalue weighted by molar-refractivity contribution is 5.91. The van der Waals surface area contributed by atoms with Gasteiger partial charge in [-0.05, 0) is 6.42 Å². The Bertz CT molecular complexity index is 468. The van der Waals surface area contributed by atoms with Crippen molar-refractivity contribution < 1.29 is 14.0 Å². The monoisotopic (exact) mass is 252 g/mol. The predicted octanol–water partition coefficient (Wildman–Crippen LogP) is -0.0612. The molecule has 0 spiro atoms. The van der Waals surface area contributed by atoms with E-state index in [1.54, 1.807) is 4.90 Å². The number of aromatic nitrogens is 2. The standard InChI is InChI=1S/C11H13FN4O2/c12-8-4-16(2-1-7(8)5-17)10-3-9(11(13)18)14-6-15-10/h3,5-8H,1-2,4H2,(H2,13,18)/t7-,8?/m1/s1. The van der Waals surface area contributed by atoms with Gasteiger partial charge in [0.1, 0.15) is 30.3 Å². The van der Waals surface area contributed by atoms with Crippen LogP contribution in [-0.2, 0) is 4.79 Å². The molecule has 0 bridgehead atoms. The predicted molar refractivity (Wildman–Crippen MR) is 61.8 cm³/mol. The molecule has 0 saturated carbocycles. The van der Waals surface area contributed by atoms with Crippen LogP contribution < -0.4 is 10.6 Å². The Balaban J connectivity index is 2.15. The van der Waals surface area contributed by atoms with E-state index in [1.165, 1.54) is 12.4 Å². The Hall–Kier alpha value is -2.05. The van der Waals surface area contributed by atoms with Crippen LogP contribution in [0.3, 0.4) is 0 Å². The van der Waals surface area contributed by atoms with Gasteiger partial charge in [0.25, 0.3) is 5.91 Å². The van der Waals surface area contributed by atoms with Crippen molar-refractivity contribution >= 4 is 18.0 Å². The van der Waals surface area contributed by atoms with Crippen molar-refractivity contribution in [1.82, 2.24) is 9.97 Å². The Kier molecular flexibility index (Phi) is 3.50. The molecule has 2 rings (SSSR count). The van der Waals surface area contributed by atoms with Crippen LogP contribution in [0.4, 0.5) is 10.2 Å². The number of rotatable bonds is 3. The maximum atomic E-state index is 13.6. The van der Waals surface area contributed by atoms with Gasteiger partial charge >= 0.3 is 0 Å². The molecule has 1 saturated heterocycles. The van der Waals surface area contributed by atoms with Crippen LogP contribution >= 0.6 is 0 Å². The SMILES string of the molecule is NC(=O)c1cc(N2CC[C@H](C=O)C(F)C2)ncn1. The summed E-state index contributed by atoms with van der Waals surface area (Å²) in [6, 6.07) is 1.43. The highest BCUT2D eigenvalue weighted by atomic mass is 19.1. The third kappa shape index (κ3) is 2.44. The summed E-state index contributed by atoms with van der Waals surface area (Å²) in [4.78, 5) is 31.0. The van der Waals surface area contributed by atoms with E-state index in [-0.39, 0.29) is 12.2 Å². The Morgan fingerprint density at radius 2 is 2.33 bits per heavy atom. The summed E-state index contributed by atoms with van der Waals surface area (Å²) in [6.45, 7) is 0.595. The summed E-state index contributed by atoms with van der Waals surface area (Å²) in [5, 5.41) is 0. The number of aldehydes is 1. The van der Waals surface area contributed by atoms with Gasteiger partial charge in [-0.25, -0.2) is 14.4 Å². The fraction of sp³-hybridized carbons (Fsp3) is 0.455. The first-order chi connectivity index (χ1) is 8.61. The van der Waals surface area contributed by atoms with E-state index in [2.05, 4.69) is 9.97 Å². The molecule has 1 unspecified atom stereocenters. The summed E-state index contributed by atoms with van der Waals surface area (Å²) in [6.07, 6.45) is 1.08. The quantitative estimate of drug-likeness (QED) is 0.761. The van der Waals surface area contributed by atoms with Gasteiger partial charge in [-0.3, -0.25) is 4.79 Å². The number of carbonyl (C=O) groups is 2. The van der Waals surface area contributed by atoms with Gasteiger partial charge in [0.2, 0.25) is 0 Å². The number of amides is 1. The third-order valence-corrected chi connectivity index (χ3v) is 3.00. The fourth-order valence-corrected chi connectivity index (χ4v) is 1.94. The van der Waals surface area contributed by atoms with Gasteiger partial charge < -0.3 is 15.4 Å². The van der Waals surface area contributed by atoms with Crippen LogP contribution in [0, 0.1) is 5.92 Å². The number of hydrogen-bond donors (Lipinski definition) is 1. The lowest BCUT2D eigenvalue weighted by molar-refractivity contribution is -0.113. The first-order valence-electron chi connectivity index (χ1n) is 5.58. The maximum absolute atomic E-state index is 13.6.